The van der Waals surface area contributed by atoms with E-state index >= 15 is 0 Å². The quantitative estimate of drug-likeness (QED) is 0.222. The standard InChI is InChI=1S/C41H40N2/c1-4-12-30(13-5-1)31-22-24-34(25-23-31)42-37-20-10-14-32-26-28-41(39(32)37)29-27-33-15-11-21-38(40(33)41)43(35-16-6-2-7-17-35)36-18-8-3-9-19-36/h2-3,6-11,14-25,30,42H,1,4-5,12-13,26-29H2/t41-/m1/s1. The van der Waals surface area contributed by atoms with Crippen molar-refractivity contribution in [1.82, 2.24) is 0 Å². The molecule has 5 aromatic rings. The fourth-order valence-electron chi connectivity index (χ4n) is 8.47. The van der Waals surface area contributed by atoms with E-state index in [1.165, 1.54) is 88.4 Å². The molecule has 214 valence electrons. The van der Waals surface area contributed by atoms with E-state index in [1.807, 2.05) is 0 Å². The van der Waals surface area contributed by atoms with Gasteiger partial charge in [-0.3, -0.25) is 0 Å². The zero-order valence-electron chi connectivity index (χ0n) is 24.9. The van der Waals surface area contributed by atoms with E-state index in [9.17, 15) is 0 Å². The largest absolute Gasteiger partial charge is 0.355 e. The maximum Gasteiger partial charge on any atom is 0.0505 e. The van der Waals surface area contributed by atoms with Crippen LogP contribution < -0.4 is 10.2 Å². The lowest BCUT2D eigenvalue weighted by Crippen LogP contribution is -2.25. The third kappa shape index (κ3) is 4.65. The Bertz CT molecular complexity index is 1670. The normalized spacial score (nSPS) is 19.3. The number of para-hydroxylation sites is 2. The highest BCUT2D eigenvalue weighted by atomic mass is 15.1. The van der Waals surface area contributed by atoms with Crippen molar-refractivity contribution in [2.45, 2.75) is 69.1 Å². The Balaban J connectivity index is 1.22. The van der Waals surface area contributed by atoms with Crippen LogP contribution in [0.25, 0.3) is 0 Å². The van der Waals surface area contributed by atoms with Gasteiger partial charge in [0.15, 0.2) is 0 Å². The molecular formula is C41H40N2. The number of fused-ring (bicyclic) bond motifs is 4. The molecule has 1 atom stereocenters. The minimum Gasteiger partial charge on any atom is -0.355 e. The third-order valence-corrected chi connectivity index (χ3v) is 10.4. The SMILES string of the molecule is c1ccc(N(c2ccccc2)c2cccc3c2[C@]2(CCc4cccc(Nc5ccc(C6CCCCC6)cc5)c42)CC3)cc1. The Hall–Kier alpha value is -4.30. The second-order valence-electron chi connectivity index (χ2n) is 12.8. The van der Waals surface area contributed by atoms with Crippen LogP contribution in [0, 0.1) is 0 Å². The molecule has 0 bridgehead atoms. The van der Waals surface area contributed by atoms with Gasteiger partial charge in [-0.2, -0.15) is 0 Å². The maximum atomic E-state index is 3.91. The Kier molecular flexibility index (Phi) is 6.79. The molecular weight excluding hydrogens is 520 g/mol. The lowest BCUT2D eigenvalue weighted by Gasteiger charge is -2.35. The van der Waals surface area contributed by atoms with Crippen LogP contribution in [0.15, 0.2) is 121 Å². The number of aryl methyl sites for hydroxylation is 2. The van der Waals surface area contributed by atoms with Crippen LogP contribution in [0.3, 0.4) is 0 Å². The summed E-state index contributed by atoms with van der Waals surface area (Å²) >= 11 is 0. The van der Waals surface area contributed by atoms with Crippen molar-refractivity contribution in [3.05, 3.63) is 149 Å². The molecule has 43 heavy (non-hydrogen) atoms. The van der Waals surface area contributed by atoms with E-state index in [2.05, 4.69) is 132 Å². The van der Waals surface area contributed by atoms with E-state index in [4.69, 9.17) is 0 Å². The number of nitrogens with zero attached hydrogens (tertiary/aromatic N) is 1. The average molecular weight is 561 g/mol. The predicted octanol–water partition coefficient (Wildman–Crippen LogP) is 11.1. The summed E-state index contributed by atoms with van der Waals surface area (Å²) in [5.41, 5.74) is 13.7. The van der Waals surface area contributed by atoms with Crippen molar-refractivity contribution in [2.24, 2.45) is 0 Å². The van der Waals surface area contributed by atoms with E-state index in [1.54, 1.807) is 0 Å². The number of anilines is 5. The summed E-state index contributed by atoms with van der Waals surface area (Å²) in [5.74, 6) is 0.734. The van der Waals surface area contributed by atoms with Gasteiger partial charge < -0.3 is 10.2 Å². The summed E-state index contributed by atoms with van der Waals surface area (Å²) in [6, 6.07) is 45.0. The van der Waals surface area contributed by atoms with Crippen LogP contribution in [0.5, 0.6) is 0 Å². The van der Waals surface area contributed by atoms with E-state index < -0.39 is 0 Å². The molecule has 0 saturated heterocycles. The monoisotopic (exact) mass is 560 g/mol. The van der Waals surface area contributed by atoms with Crippen molar-refractivity contribution >= 4 is 28.4 Å². The zero-order chi connectivity index (χ0) is 28.6. The van der Waals surface area contributed by atoms with E-state index in [0.717, 1.165) is 31.6 Å². The number of benzene rings is 5. The molecule has 0 radical (unpaired) electrons. The van der Waals surface area contributed by atoms with Crippen LogP contribution in [-0.4, -0.2) is 0 Å². The summed E-state index contributed by atoms with van der Waals surface area (Å²) in [6.45, 7) is 0. The van der Waals surface area contributed by atoms with Gasteiger partial charge in [0.05, 0.1) is 5.69 Å². The van der Waals surface area contributed by atoms with Crippen LogP contribution in [0.2, 0.25) is 0 Å². The molecule has 1 spiro atoms. The molecule has 1 fully saturated rings. The number of hydrogen-bond donors (Lipinski definition) is 1. The molecule has 0 aliphatic heterocycles. The Morgan fingerprint density at radius 2 is 1.16 bits per heavy atom. The molecule has 3 aliphatic rings. The molecule has 0 unspecified atom stereocenters. The first-order valence-electron chi connectivity index (χ1n) is 16.3. The highest BCUT2D eigenvalue weighted by molar-refractivity contribution is 5.83. The summed E-state index contributed by atoms with van der Waals surface area (Å²) < 4.78 is 0. The van der Waals surface area contributed by atoms with Gasteiger partial charge in [0, 0.05) is 28.2 Å². The molecule has 0 amide bonds. The highest BCUT2D eigenvalue weighted by Crippen LogP contribution is 2.58. The molecule has 0 aromatic heterocycles. The summed E-state index contributed by atoms with van der Waals surface area (Å²) in [4.78, 5) is 2.48. The first-order chi connectivity index (χ1) is 21.3. The lowest BCUT2D eigenvalue weighted by molar-refractivity contribution is 0.443. The fraction of sp³-hybridized carbons (Fsp3) is 0.268. The minimum absolute atomic E-state index is 0.00526. The van der Waals surface area contributed by atoms with Crippen molar-refractivity contribution < 1.29 is 0 Å². The van der Waals surface area contributed by atoms with Gasteiger partial charge in [-0.05, 0) is 121 Å². The van der Waals surface area contributed by atoms with Crippen LogP contribution in [-0.2, 0) is 18.3 Å². The first kappa shape index (κ1) is 26.3. The second kappa shape index (κ2) is 11.1. The van der Waals surface area contributed by atoms with E-state index in [-0.39, 0.29) is 5.41 Å². The van der Waals surface area contributed by atoms with Gasteiger partial charge in [0.1, 0.15) is 0 Å². The summed E-state index contributed by atoms with van der Waals surface area (Å²) in [6.07, 6.45) is 11.4. The third-order valence-electron chi connectivity index (χ3n) is 10.4. The molecule has 1 N–H and O–H groups in total. The molecule has 3 aliphatic carbocycles. The predicted molar refractivity (Wildman–Crippen MR) is 181 cm³/mol. The van der Waals surface area contributed by atoms with Crippen molar-refractivity contribution in [3.8, 4) is 0 Å². The average Bonchev–Trinajstić information content (AvgIpc) is 3.65. The molecule has 0 heterocycles. The van der Waals surface area contributed by atoms with Crippen molar-refractivity contribution in [2.75, 3.05) is 10.2 Å². The molecule has 8 rings (SSSR count). The van der Waals surface area contributed by atoms with E-state index in [0.29, 0.717) is 0 Å². The van der Waals surface area contributed by atoms with Gasteiger partial charge >= 0.3 is 0 Å². The second-order valence-corrected chi connectivity index (χ2v) is 12.8. The highest BCUT2D eigenvalue weighted by Gasteiger charge is 2.48. The van der Waals surface area contributed by atoms with Crippen LogP contribution in [0.4, 0.5) is 28.4 Å². The topological polar surface area (TPSA) is 15.3 Å². The van der Waals surface area contributed by atoms with Gasteiger partial charge in [0.2, 0.25) is 0 Å². The van der Waals surface area contributed by atoms with Crippen molar-refractivity contribution in [3.63, 3.8) is 0 Å². The Morgan fingerprint density at radius 3 is 1.81 bits per heavy atom. The number of nitrogens with one attached hydrogen (secondary N) is 1. The first-order valence-corrected chi connectivity index (χ1v) is 16.3. The van der Waals surface area contributed by atoms with Crippen molar-refractivity contribution in [1.29, 1.82) is 0 Å². The Morgan fingerprint density at radius 1 is 0.558 bits per heavy atom. The maximum absolute atomic E-state index is 3.91. The molecule has 1 saturated carbocycles. The van der Waals surface area contributed by atoms with Crippen LogP contribution in [0.1, 0.15) is 78.7 Å². The molecule has 2 heteroatoms. The smallest absolute Gasteiger partial charge is 0.0505 e. The Labute approximate surface area is 256 Å². The number of hydrogen-bond acceptors (Lipinski definition) is 2. The molecule has 2 nitrogen and oxygen atoms in total. The van der Waals surface area contributed by atoms with Gasteiger partial charge in [-0.15, -0.1) is 0 Å². The lowest BCUT2D eigenvalue weighted by atomic mass is 9.75. The number of rotatable bonds is 6. The van der Waals surface area contributed by atoms with Gasteiger partial charge in [0.25, 0.3) is 0 Å². The summed E-state index contributed by atoms with van der Waals surface area (Å²) in [5, 5.41) is 3.91. The van der Waals surface area contributed by atoms with Gasteiger partial charge in [-0.25, -0.2) is 0 Å². The zero-order valence-corrected chi connectivity index (χ0v) is 24.9. The summed E-state index contributed by atoms with van der Waals surface area (Å²) in [7, 11) is 0. The van der Waals surface area contributed by atoms with Gasteiger partial charge in [-0.1, -0.05) is 92.1 Å². The minimum atomic E-state index is -0.00526. The fourth-order valence-corrected chi connectivity index (χ4v) is 8.47. The molecule has 5 aromatic carbocycles. The van der Waals surface area contributed by atoms with Crippen LogP contribution >= 0.6 is 0 Å².